The van der Waals surface area contributed by atoms with Gasteiger partial charge in [-0.25, -0.2) is 0 Å². The van der Waals surface area contributed by atoms with Crippen molar-refractivity contribution in [3.8, 4) is 0 Å². The zero-order chi connectivity index (χ0) is 14.3. The molecule has 1 nitrogen and oxygen atoms in total. The molecule has 3 heteroatoms. The number of benzene rings is 1. The van der Waals surface area contributed by atoms with Gasteiger partial charge < -0.3 is 5.32 Å². The summed E-state index contributed by atoms with van der Waals surface area (Å²) in [6.07, 6.45) is 6.53. The summed E-state index contributed by atoms with van der Waals surface area (Å²) in [7, 11) is 2.08. The molecular formula is C16H25BrIN. The van der Waals surface area contributed by atoms with Gasteiger partial charge in [-0.1, -0.05) is 55.5 Å². The predicted octanol–water partition coefficient (Wildman–Crippen LogP) is 5.92. The molecule has 0 aliphatic carbocycles. The van der Waals surface area contributed by atoms with E-state index in [1.165, 1.54) is 45.7 Å². The molecule has 1 aromatic carbocycles. The maximum atomic E-state index is 3.59. The van der Waals surface area contributed by atoms with Gasteiger partial charge in [0.15, 0.2) is 0 Å². The van der Waals surface area contributed by atoms with Crippen LogP contribution in [-0.4, -0.2) is 7.05 Å². The van der Waals surface area contributed by atoms with Crippen LogP contribution >= 0.6 is 38.5 Å². The van der Waals surface area contributed by atoms with Crippen LogP contribution in [0.1, 0.15) is 57.6 Å². The van der Waals surface area contributed by atoms with E-state index in [1.54, 1.807) is 0 Å². The number of hydrogen-bond donors (Lipinski definition) is 1. The lowest BCUT2D eigenvalue weighted by molar-refractivity contribution is 0.364. The maximum Gasteiger partial charge on any atom is 0.0331 e. The summed E-state index contributed by atoms with van der Waals surface area (Å²) < 4.78 is 2.52. The lowest BCUT2D eigenvalue weighted by Crippen LogP contribution is -2.21. The predicted molar refractivity (Wildman–Crippen MR) is 96.6 cm³/mol. The van der Waals surface area contributed by atoms with E-state index in [4.69, 9.17) is 0 Å². The number of hydrogen-bond acceptors (Lipinski definition) is 1. The van der Waals surface area contributed by atoms with Crippen molar-refractivity contribution in [1.29, 1.82) is 0 Å². The Morgan fingerprint density at radius 2 is 2.05 bits per heavy atom. The van der Waals surface area contributed by atoms with E-state index in [9.17, 15) is 0 Å². The average Bonchev–Trinajstić information content (AvgIpc) is 2.42. The van der Waals surface area contributed by atoms with Gasteiger partial charge in [-0.2, -0.15) is 0 Å². The first-order valence-corrected chi connectivity index (χ1v) is 9.11. The van der Waals surface area contributed by atoms with Gasteiger partial charge in [-0.05, 0) is 65.7 Å². The molecule has 2 unspecified atom stereocenters. The molecule has 0 spiro atoms. The van der Waals surface area contributed by atoms with E-state index < -0.39 is 0 Å². The van der Waals surface area contributed by atoms with Crippen molar-refractivity contribution in [2.75, 3.05) is 7.05 Å². The second kappa shape index (κ2) is 9.35. The Kier molecular flexibility index (Phi) is 8.58. The Balaban J connectivity index is 2.78. The van der Waals surface area contributed by atoms with Gasteiger partial charge >= 0.3 is 0 Å². The van der Waals surface area contributed by atoms with Crippen molar-refractivity contribution >= 4 is 38.5 Å². The molecule has 0 bridgehead atoms. The van der Waals surface area contributed by atoms with Crippen molar-refractivity contribution in [3.05, 3.63) is 31.8 Å². The molecule has 2 atom stereocenters. The molecule has 0 fully saturated rings. The van der Waals surface area contributed by atoms with Crippen molar-refractivity contribution in [2.24, 2.45) is 5.92 Å². The van der Waals surface area contributed by atoms with Crippen LogP contribution < -0.4 is 5.32 Å². The highest BCUT2D eigenvalue weighted by atomic mass is 127. The third-order valence-electron chi connectivity index (χ3n) is 3.79. The third kappa shape index (κ3) is 5.72. The van der Waals surface area contributed by atoms with Gasteiger partial charge in [0.05, 0.1) is 0 Å². The molecule has 1 N–H and O–H groups in total. The average molecular weight is 438 g/mol. The molecule has 1 rings (SSSR count). The van der Waals surface area contributed by atoms with Crippen molar-refractivity contribution in [3.63, 3.8) is 0 Å². The minimum absolute atomic E-state index is 0.464. The topological polar surface area (TPSA) is 12.0 Å². The third-order valence-corrected chi connectivity index (χ3v) is 5.27. The van der Waals surface area contributed by atoms with Crippen LogP contribution in [0.25, 0.3) is 0 Å². The number of nitrogens with one attached hydrogen (secondary N) is 1. The Labute approximate surface area is 140 Å². The fourth-order valence-electron chi connectivity index (χ4n) is 2.50. The van der Waals surface area contributed by atoms with Gasteiger partial charge in [0.1, 0.15) is 0 Å². The minimum Gasteiger partial charge on any atom is -0.313 e. The molecular weight excluding hydrogens is 413 g/mol. The highest BCUT2D eigenvalue weighted by molar-refractivity contribution is 14.1. The van der Waals surface area contributed by atoms with Crippen LogP contribution in [0, 0.1) is 9.49 Å². The minimum atomic E-state index is 0.464. The van der Waals surface area contributed by atoms with Crippen LogP contribution in [0.5, 0.6) is 0 Å². The SMILES string of the molecule is CCCCC(CC)CC(NC)c1cc(Br)ccc1I. The Hall–Kier alpha value is 0.390. The molecule has 0 saturated carbocycles. The quantitative estimate of drug-likeness (QED) is 0.497. The summed E-state index contributed by atoms with van der Waals surface area (Å²) in [6.45, 7) is 4.60. The van der Waals surface area contributed by atoms with Crippen molar-refractivity contribution in [1.82, 2.24) is 5.32 Å². The molecule has 0 saturated heterocycles. The molecule has 0 heterocycles. The molecule has 0 radical (unpaired) electrons. The summed E-state index contributed by atoms with van der Waals surface area (Å²) >= 11 is 6.03. The van der Waals surface area contributed by atoms with Crippen LogP contribution in [0.15, 0.2) is 22.7 Å². The van der Waals surface area contributed by atoms with Crippen LogP contribution in [0.2, 0.25) is 0 Å². The van der Waals surface area contributed by atoms with E-state index in [1.807, 2.05) is 0 Å². The first kappa shape index (κ1) is 17.4. The molecule has 0 aromatic heterocycles. The monoisotopic (exact) mass is 437 g/mol. The number of halogens is 2. The lowest BCUT2D eigenvalue weighted by atomic mass is 9.89. The van der Waals surface area contributed by atoms with E-state index in [0.29, 0.717) is 6.04 Å². The first-order chi connectivity index (χ1) is 9.12. The Morgan fingerprint density at radius 3 is 2.63 bits per heavy atom. The smallest absolute Gasteiger partial charge is 0.0331 e. The summed E-state index contributed by atoms with van der Waals surface area (Å²) in [5.41, 5.74) is 1.42. The van der Waals surface area contributed by atoms with Gasteiger partial charge in [-0.15, -0.1) is 0 Å². The summed E-state index contributed by atoms with van der Waals surface area (Å²) in [4.78, 5) is 0. The normalized spacial score (nSPS) is 14.4. The van der Waals surface area contributed by atoms with Crippen LogP contribution in [0.3, 0.4) is 0 Å². The van der Waals surface area contributed by atoms with E-state index in [0.717, 1.165) is 5.92 Å². The van der Waals surface area contributed by atoms with E-state index in [-0.39, 0.29) is 0 Å². The second-order valence-corrected chi connectivity index (χ2v) is 7.24. The fraction of sp³-hybridized carbons (Fsp3) is 0.625. The van der Waals surface area contributed by atoms with Gasteiger partial charge in [0, 0.05) is 14.1 Å². The fourth-order valence-corrected chi connectivity index (χ4v) is 3.59. The molecule has 19 heavy (non-hydrogen) atoms. The zero-order valence-corrected chi connectivity index (χ0v) is 15.9. The largest absolute Gasteiger partial charge is 0.313 e. The maximum absolute atomic E-state index is 3.59. The van der Waals surface area contributed by atoms with E-state index in [2.05, 4.69) is 82.9 Å². The molecule has 0 amide bonds. The number of rotatable bonds is 8. The summed E-state index contributed by atoms with van der Waals surface area (Å²) in [5, 5.41) is 3.50. The first-order valence-electron chi connectivity index (χ1n) is 7.24. The lowest BCUT2D eigenvalue weighted by Gasteiger charge is -2.24. The van der Waals surface area contributed by atoms with Gasteiger partial charge in [0.25, 0.3) is 0 Å². The number of unbranched alkanes of at least 4 members (excludes halogenated alkanes) is 1. The van der Waals surface area contributed by atoms with Crippen molar-refractivity contribution < 1.29 is 0 Å². The molecule has 0 aliphatic rings. The summed E-state index contributed by atoms with van der Waals surface area (Å²) in [6, 6.07) is 7.03. The zero-order valence-electron chi connectivity index (χ0n) is 12.2. The highest BCUT2D eigenvalue weighted by Crippen LogP contribution is 2.30. The summed E-state index contributed by atoms with van der Waals surface area (Å²) in [5.74, 6) is 0.826. The van der Waals surface area contributed by atoms with Crippen molar-refractivity contribution in [2.45, 2.75) is 52.0 Å². The Bertz CT molecular complexity index is 381. The van der Waals surface area contributed by atoms with Gasteiger partial charge in [0.2, 0.25) is 0 Å². The van der Waals surface area contributed by atoms with Gasteiger partial charge in [-0.3, -0.25) is 0 Å². The van der Waals surface area contributed by atoms with E-state index >= 15 is 0 Å². The van der Waals surface area contributed by atoms with Crippen LogP contribution in [-0.2, 0) is 0 Å². The highest BCUT2D eigenvalue weighted by Gasteiger charge is 2.17. The Morgan fingerprint density at radius 1 is 1.32 bits per heavy atom. The molecule has 108 valence electrons. The molecule has 0 aliphatic heterocycles. The molecule has 1 aromatic rings. The standard InChI is InChI=1S/C16H25BrIN/c1-4-6-7-12(5-2)10-16(19-3)14-11-13(17)8-9-15(14)18/h8-9,11-12,16,19H,4-7,10H2,1-3H3. The van der Waals surface area contributed by atoms with Crippen LogP contribution in [0.4, 0.5) is 0 Å². The second-order valence-electron chi connectivity index (χ2n) is 5.16.